The Hall–Kier alpha value is -1.20. The molecule has 0 aliphatic heterocycles. The van der Waals surface area contributed by atoms with Crippen LogP contribution in [0.1, 0.15) is 31.1 Å². The number of halogens is 1. The van der Waals surface area contributed by atoms with Crippen LogP contribution < -0.4 is 5.73 Å². The summed E-state index contributed by atoms with van der Waals surface area (Å²) in [4.78, 5) is 23.9. The van der Waals surface area contributed by atoms with Crippen LogP contribution in [0.2, 0.25) is 0 Å². The highest BCUT2D eigenvalue weighted by molar-refractivity contribution is 9.10. The number of Topliss-reactive ketones (excluding diaryl/α,β-unsaturated/α-hetero) is 1. The monoisotopic (exact) mass is 313 g/mol. The SMILES string of the molecule is CC(C)(C)[C@](N)(C(=O)O)C(=O)c1ccccc1Br. The first-order valence-electron chi connectivity index (χ1n) is 5.44. The van der Waals surface area contributed by atoms with Gasteiger partial charge in [0.2, 0.25) is 0 Å². The molecule has 0 saturated carbocycles. The van der Waals surface area contributed by atoms with Gasteiger partial charge in [-0.15, -0.1) is 0 Å². The third-order valence-corrected chi connectivity index (χ3v) is 3.69. The largest absolute Gasteiger partial charge is 0.480 e. The van der Waals surface area contributed by atoms with E-state index in [0.29, 0.717) is 4.47 Å². The van der Waals surface area contributed by atoms with Crippen molar-refractivity contribution in [2.45, 2.75) is 26.3 Å². The number of hydrogen-bond donors (Lipinski definition) is 2. The maximum Gasteiger partial charge on any atom is 0.332 e. The Morgan fingerprint density at radius 1 is 1.22 bits per heavy atom. The van der Waals surface area contributed by atoms with Crippen molar-refractivity contribution >= 4 is 27.7 Å². The molecule has 1 aromatic carbocycles. The van der Waals surface area contributed by atoms with Gasteiger partial charge in [-0.05, 0) is 11.5 Å². The van der Waals surface area contributed by atoms with Gasteiger partial charge in [-0.3, -0.25) is 4.79 Å². The number of carboxylic acids is 1. The van der Waals surface area contributed by atoms with Crippen LogP contribution in [0.25, 0.3) is 0 Å². The molecule has 1 aromatic rings. The van der Waals surface area contributed by atoms with Crippen LogP contribution >= 0.6 is 15.9 Å². The molecule has 1 atom stereocenters. The standard InChI is InChI=1S/C13H16BrNO3/c1-12(2,3)13(15,11(17)18)10(16)8-6-4-5-7-9(8)14/h4-7H,15H2,1-3H3,(H,17,18)/t13-/m1/s1. The van der Waals surface area contributed by atoms with Crippen LogP contribution in [-0.4, -0.2) is 22.4 Å². The second kappa shape index (κ2) is 4.82. The molecule has 0 saturated heterocycles. The molecule has 5 heteroatoms. The molecule has 1 rings (SSSR count). The van der Waals surface area contributed by atoms with E-state index in [1.54, 1.807) is 45.0 Å². The summed E-state index contributed by atoms with van der Waals surface area (Å²) in [6.07, 6.45) is 0. The molecule has 98 valence electrons. The average Bonchev–Trinajstić information content (AvgIpc) is 2.25. The third kappa shape index (κ3) is 2.33. The van der Waals surface area contributed by atoms with Gasteiger partial charge in [-0.1, -0.05) is 54.9 Å². The number of rotatable bonds is 3. The molecule has 0 spiro atoms. The van der Waals surface area contributed by atoms with Crippen molar-refractivity contribution in [2.24, 2.45) is 11.1 Å². The van der Waals surface area contributed by atoms with Gasteiger partial charge in [0.25, 0.3) is 0 Å². The van der Waals surface area contributed by atoms with Crippen molar-refractivity contribution in [1.29, 1.82) is 0 Å². The normalized spacial score (nSPS) is 14.9. The van der Waals surface area contributed by atoms with Gasteiger partial charge in [0.1, 0.15) is 0 Å². The van der Waals surface area contributed by atoms with E-state index in [4.69, 9.17) is 5.73 Å². The number of carboxylic acid groups (broad SMARTS) is 1. The lowest BCUT2D eigenvalue weighted by Crippen LogP contribution is -2.63. The summed E-state index contributed by atoms with van der Waals surface area (Å²) in [7, 11) is 0. The van der Waals surface area contributed by atoms with Crippen molar-refractivity contribution in [2.75, 3.05) is 0 Å². The van der Waals surface area contributed by atoms with Gasteiger partial charge < -0.3 is 10.8 Å². The Kier molecular flexibility index (Phi) is 3.98. The van der Waals surface area contributed by atoms with E-state index in [1.807, 2.05) is 0 Å². The maximum absolute atomic E-state index is 12.4. The molecule has 0 radical (unpaired) electrons. The van der Waals surface area contributed by atoms with Crippen LogP contribution in [0.3, 0.4) is 0 Å². The highest BCUT2D eigenvalue weighted by Gasteiger charge is 2.52. The summed E-state index contributed by atoms with van der Waals surface area (Å²) in [5.74, 6) is -1.93. The molecule has 0 heterocycles. The molecule has 0 fully saturated rings. The summed E-state index contributed by atoms with van der Waals surface area (Å²) in [6, 6.07) is 6.65. The molecule has 0 amide bonds. The Labute approximate surface area is 114 Å². The first-order chi connectivity index (χ1) is 8.12. The van der Waals surface area contributed by atoms with Gasteiger partial charge in [-0.2, -0.15) is 0 Å². The summed E-state index contributed by atoms with van der Waals surface area (Å²) in [6.45, 7) is 4.90. The van der Waals surface area contributed by atoms with Crippen LogP contribution in [0.5, 0.6) is 0 Å². The van der Waals surface area contributed by atoms with Crippen molar-refractivity contribution in [3.63, 3.8) is 0 Å². The second-order valence-corrected chi connectivity index (χ2v) is 6.03. The lowest BCUT2D eigenvalue weighted by molar-refractivity contribution is -0.144. The zero-order chi connectivity index (χ0) is 14.1. The van der Waals surface area contributed by atoms with Gasteiger partial charge in [0.05, 0.1) is 0 Å². The van der Waals surface area contributed by atoms with E-state index in [0.717, 1.165) is 0 Å². The van der Waals surface area contributed by atoms with Gasteiger partial charge in [0.15, 0.2) is 11.3 Å². The molecule has 3 N–H and O–H groups in total. The molecular weight excluding hydrogens is 298 g/mol. The lowest BCUT2D eigenvalue weighted by Gasteiger charge is -2.36. The van der Waals surface area contributed by atoms with Crippen LogP contribution in [0.15, 0.2) is 28.7 Å². The minimum absolute atomic E-state index is 0.275. The van der Waals surface area contributed by atoms with Crippen molar-refractivity contribution in [3.8, 4) is 0 Å². The fourth-order valence-electron chi connectivity index (χ4n) is 1.62. The Morgan fingerprint density at radius 3 is 2.11 bits per heavy atom. The number of carbonyl (C=O) groups excluding carboxylic acids is 1. The van der Waals surface area contributed by atoms with Gasteiger partial charge in [0, 0.05) is 10.0 Å². The first-order valence-corrected chi connectivity index (χ1v) is 6.23. The van der Waals surface area contributed by atoms with Gasteiger partial charge in [-0.25, -0.2) is 4.79 Å². The summed E-state index contributed by atoms with van der Waals surface area (Å²) in [5.41, 5.74) is 3.31. The van der Waals surface area contributed by atoms with Crippen molar-refractivity contribution in [3.05, 3.63) is 34.3 Å². The Bertz CT molecular complexity index is 493. The van der Waals surface area contributed by atoms with Crippen LogP contribution in [0.4, 0.5) is 0 Å². The number of hydrogen-bond acceptors (Lipinski definition) is 3. The lowest BCUT2D eigenvalue weighted by atomic mass is 9.70. The molecule has 4 nitrogen and oxygen atoms in total. The van der Waals surface area contributed by atoms with E-state index in [-0.39, 0.29) is 5.56 Å². The Balaban J connectivity index is 3.39. The fraction of sp³-hybridized carbons (Fsp3) is 0.385. The van der Waals surface area contributed by atoms with Crippen LogP contribution in [0, 0.1) is 5.41 Å². The first kappa shape index (κ1) is 14.9. The highest BCUT2D eigenvalue weighted by atomic mass is 79.9. The summed E-state index contributed by atoms with van der Waals surface area (Å²) < 4.78 is 0.537. The highest BCUT2D eigenvalue weighted by Crippen LogP contribution is 2.33. The van der Waals surface area contributed by atoms with Crippen molar-refractivity contribution in [1.82, 2.24) is 0 Å². The van der Waals surface area contributed by atoms with E-state index < -0.39 is 22.7 Å². The summed E-state index contributed by atoms with van der Waals surface area (Å²) >= 11 is 3.24. The zero-order valence-electron chi connectivity index (χ0n) is 10.5. The molecular formula is C13H16BrNO3. The predicted octanol–water partition coefficient (Wildman–Crippen LogP) is 2.46. The number of ketones is 1. The molecule has 0 aliphatic rings. The number of carbonyl (C=O) groups is 2. The number of benzene rings is 1. The molecule has 0 unspecified atom stereocenters. The fourth-order valence-corrected chi connectivity index (χ4v) is 2.08. The topological polar surface area (TPSA) is 80.4 Å². The van der Waals surface area contributed by atoms with Crippen molar-refractivity contribution < 1.29 is 14.7 Å². The quantitative estimate of drug-likeness (QED) is 0.663. The smallest absolute Gasteiger partial charge is 0.332 e. The molecule has 0 aromatic heterocycles. The van der Waals surface area contributed by atoms with E-state index in [9.17, 15) is 14.7 Å². The zero-order valence-corrected chi connectivity index (χ0v) is 12.1. The third-order valence-electron chi connectivity index (χ3n) is 3.00. The molecule has 18 heavy (non-hydrogen) atoms. The minimum atomic E-state index is -1.96. The second-order valence-electron chi connectivity index (χ2n) is 5.17. The predicted molar refractivity (Wildman–Crippen MR) is 72.5 cm³/mol. The van der Waals surface area contributed by atoms with Crippen LogP contribution in [-0.2, 0) is 4.79 Å². The molecule has 0 aliphatic carbocycles. The average molecular weight is 314 g/mol. The van der Waals surface area contributed by atoms with Gasteiger partial charge >= 0.3 is 5.97 Å². The minimum Gasteiger partial charge on any atom is -0.480 e. The van der Waals surface area contributed by atoms with E-state index in [2.05, 4.69) is 15.9 Å². The number of nitrogens with two attached hydrogens (primary N) is 1. The number of aliphatic carboxylic acids is 1. The molecule has 0 bridgehead atoms. The van der Waals surface area contributed by atoms with E-state index in [1.165, 1.54) is 0 Å². The Morgan fingerprint density at radius 2 is 1.72 bits per heavy atom. The maximum atomic E-state index is 12.4. The summed E-state index contributed by atoms with van der Waals surface area (Å²) in [5, 5.41) is 9.33. The van der Waals surface area contributed by atoms with E-state index >= 15 is 0 Å².